The molecule has 1 atom stereocenters. The summed E-state index contributed by atoms with van der Waals surface area (Å²) in [4.78, 5) is 49.0. The van der Waals surface area contributed by atoms with Gasteiger partial charge in [-0.25, -0.2) is 9.59 Å². The molecule has 0 fully saturated rings. The molecule has 10 heteroatoms. The molecule has 2 N–H and O–H groups in total. The minimum atomic E-state index is -2.17. The molecule has 1 aromatic rings. The van der Waals surface area contributed by atoms with Gasteiger partial charge in [-0.15, -0.1) is 0 Å². The average Bonchev–Trinajstić information content (AvgIpc) is 2.67. The van der Waals surface area contributed by atoms with Crippen molar-refractivity contribution in [2.24, 2.45) is 10.8 Å². The van der Waals surface area contributed by atoms with E-state index in [1.165, 1.54) is 18.2 Å². The molecular weight excluding hydrogens is 446 g/mol. The second-order valence-corrected chi connectivity index (χ2v) is 10.2. The van der Waals surface area contributed by atoms with E-state index in [0.29, 0.717) is 5.56 Å². The van der Waals surface area contributed by atoms with Crippen LogP contribution in [0.2, 0.25) is 0 Å². The molecule has 0 saturated carbocycles. The Morgan fingerprint density at radius 3 is 1.82 bits per heavy atom. The Morgan fingerprint density at radius 2 is 1.41 bits per heavy atom. The fourth-order valence-electron chi connectivity index (χ4n) is 2.57. The van der Waals surface area contributed by atoms with Gasteiger partial charge < -0.3 is 24.1 Å². The molecule has 0 heterocycles. The molecule has 0 aliphatic rings. The number of rotatable bonds is 8. The lowest BCUT2D eigenvalue weighted by molar-refractivity contribution is -0.166. The second kappa shape index (κ2) is 10.9. The molecule has 190 valence electrons. The van der Waals surface area contributed by atoms with Crippen LogP contribution in [0.4, 0.5) is 4.79 Å². The van der Waals surface area contributed by atoms with Crippen LogP contribution in [0.5, 0.6) is 11.5 Å². The number of carboxylic acid groups (broad SMARTS) is 1. The molecule has 0 aromatic heterocycles. The number of aliphatic carboxylic acids is 1. The fraction of sp³-hybridized carbons (Fsp3) is 0.583. The van der Waals surface area contributed by atoms with E-state index in [4.69, 9.17) is 14.2 Å². The number of benzene rings is 1. The molecule has 1 rings (SSSR count). The standard InChI is InChI=1S/C24H35NO9/c1-14(2)25-24(18(26)27,34-21(30)31-9)13-15-10-11-16(32-19(28)22(3,4)5)17(12-15)33-20(29)23(6,7)8/h10-12,14,25H,13H2,1-9H3,(H,26,27)/t24-/m0/s1. The third-order valence-electron chi connectivity index (χ3n) is 4.38. The van der Waals surface area contributed by atoms with Crippen LogP contribution in [-0.2, 0) is 30.3 Å². The van der Waals surface area contributed by atoms with Crippen molar-refractivity contribution in [1.29, 1.82) is 0 Å². The van der Waals surface area contributed by atoms with Crippen molar-refractivity contribution in [3.05, 3.63) is 23.8 Å². The SMILES string of the molecule is COC(=O)O[C@](Cc1ccc(OC(=O)C(C)(C)C)c(OC(=O)C(C)(C)C)c1)(NC(C)C)C(=O)O. The van der Waals surface area contributed by atoms with Gasteiger partial charge >= 0.3 is 24.1 Å². The molecule has 0 aliphatic carbocycles. The quantitative estimate of drug-likeness (QED) is 0.321. The maximum absolute atomic E-state index is 12.5. The number of carbonyl (C=O) groups is 4. The van der Waals surface area contributed by atoms with Gasteiger partial charge in [-0.2, -0.15) is 0 Å². The van der Waals surface area contributed by atoms with E-state index in [0.717, 1.165) is 7.11 Å². The minimum Gasteiger partial charge on any atom is -0.477 e. The van der Waals surface area contributed by atoms with Crippen LogP contribution in [0.15, 0.2) is 18.2 Å². The topological polar surface area (TPSA) is 137 Å². The molecule has 0 aliphatic heterocycles. The Bertz CT molecular complexity index is 925. The van der Waals surface area contributed by atoms with Crippen LogP contribution in [0.25, 0.3) is 0 Å². The predicted octanol–water partition coefficient (Wildman–Crippen LogP) is 3.69. The van der Waals surface area contributed by atoms with Gasteiger partial charge in [-0.3, -0.25) is 14.9 Å². The maximum atomic E-state index is 12.5. The summed E-state index contributed by atoms with van der Waals surface area (Å²) < 4.78 is 20.6. The lowest BCUT2D eigenvalue weighted by atomic mass is 9.97. The van der Waals surface area contributed by atoms with Crippen LogP contribution in [0, 0.1) is 10.8 Å². The number of esters is 2. The summed E-state index contributed by atoms with van der Waals surface area (Å²) in [6, 6.07) is 3.87. The van der Waals surface area contributed by atoms with E-state index in [2.05, 4.69) is 10.1 Å². The second-order valence-electron chi connectivity index (χ2n) is 10.2. The number of hydrogen-bond acceptors (Lipinski definition) is 9. The summed E-state index contributed by atoms with van der Waals surface area (Å²) in [6.07, 6.45) is -1.53. The highest BCUT2D eigenvalue weighted by atomic mass is 16.7. The molecule has 0 unspecified atom stereocenters. The number of carboxylic acids is 1. The number of hydrogen-bond donors (Lipinski definition) is 2. The Morgan fingerprint density at radius 1 is 0.912 bits per heavy atom. The number of carbonyl (C=O) groups excluding carboxylic acids is 3. The van der Waals surface area contributed by atoms with Crippen molar-refractivity contribution in [1.82, 2.24) is 5.32 Å². The zero-order valence-electron chi connectivity index (χ0n) is 21.2. The van der Waals surface area contributed by atoms with Gasteiger partial charge in [0.25, 0.3) is 5.72 Å². The third-order valence-corrected chi connectivity index (χ3v) is 4.38. The molecule has 10 nitrogen and oxygen atoms in total. The summed E-state index contributed by atoms with van der Waals surface area (Å²) >= 11 is 0. The van der Waals surface area contributed by atoms with Gasteiger partial charge in [0.2, 0.25) is 0 Å². The van der Waals surface area contributed by atoms with Gasteiger partial charge in [-0.1, -0.05) is 6.07 Å². The normalized spacial score (nSPS) is 13.6. The van der Waals surface area contributed by atoms with Gasteiger partial charge in [0.05, 0.1) is 17.9 Å². The van der Waals surface area contributed by atoms with E-state index < -0.39 is 40.6 Å². The fourth-order valence-corrected chi connectivity index (χ4v) is 2.57. The molecule has 0 amide bonds. The van der Waals surface area contributed by atoms with Crippen LogP contribution in [0.3, 0.4) is 0 Å². The van der Waals surface area contributed by atoms with E-state index >= 15 is 0 Å². The number of ether oxygens (including phenoxy) is 4. The van der Waals surface area contributed by atoms with Crippen molar-refractivity contribution in [2.75, 3.05) is 7.11 Å². The van der Waals surface area contributed by atoms with Crippen molar-refractivity contribution in [3.63, 3.8) is 0 Å². The van der Waals surface area contributed by atoms with Crippen LogP contribution in [-0.4, -0.2) is 48.0 Å². The lowest BCUT2D eigenvalue weighted by Crippen LogP contribution is -2.59. The maximum Gasteiger partial charge on any atom is 0.510 e. The summed E-state index contributed by atoms with van der Waals surface area (Å²) in [6.45, 7) is 13.4. The zero-order valence-corrected chi connectivity index (χ0v) is 21.2. The van der Waals surface area contributed by atoms with Crippen molar-refractivity contribution < 1.29 is 43.2 Å². The first kappa shape index (κ1) is 28.9. The van der Waals surface area contributed by atoms with Crippen LogP contribution >= 0.6 is 0 Å². The van der Waals surface area contributed by atoms with E-state index in [1.54, 1.807) is 55.4 Å². The number of methoxy groups -OCH3 is 1. The summed E-state index contributed by atoms with van der Waals surface area (Å²) in [5.41, 5.74) is -3.53. The predicted molar refractivity (Wildman–Crippen MR) is 122 cm³/mol. The van der Waals surface area contributed by atoms with Gasteiger partial charge in [-0.05, 0) is 73.1 Å². The van der Waals surface area contributed by atoms with Crippen LogP contribution in [0.1, 0.15) is 61.0 Å². The molecular formula is C24H35NO9. The van der Waals surface area contributed by atoms with Crippen molar-refractivity contribution in [3.8, 4) is 11.5 Å². The van der Waals surface area contributed by atoms with Gasteiger partial charge in [0.1, 0.15) is 0 Å². The van der Waals surface area contributed by atoms with E-state index in [-0.39, 0.29) is 24.0 Å². The molecule has 0 spiro atoms. The highest BCUT2D eigenvalue weighted by Crippen LogP contribution is 2.34. The molecule has 0 bridgehead atoms. The van der Waals surface area contributed by atoms with Crippen molar-refractivity contribution >= 4 is 24.1 Å². The molecule has 1 aromatic carbocycles. The molecule has 34 heavy (non-hydrogen) atoms. The smallest absolute Gasteiger partial charge is 0.477 e. The van der Waals surface area contributed by atoms with Gasteiger partial charge in [0, 0.05) is 12.5 Å². The minimum absolute atomic E-state index is 0.00657. The Balaban J connectivity index is 3.52. The largest absolute Gasteiger partial charge is 0.510 e. The van der Waals surface area contributed by atoms with Gasteiger partial charge in [0.15, 0.2) is 11.5 Å². The van der Waals surface area contributed by atoms with Crippen LogP contribution < -0.4 is 14.8 Å². The Kier molecular flexibility index (Phi) is 9.23. The highest BCUT2D eigenvalue weighted by Gasteiger charge is 2.44. The zero-order chi connectivity index (χ0) is 26.5. The molecule has 0 radical (unpaired) electrons. The lowest BCUT2D eigenvalue weighted by Gasteiger charge is -2.31. The Labute approximate surface area is 199 Å². The van der Waals surface area contributed by atoms with E-state index in [9.17, 15) is 24.3 Å². The first-order valence-corrected chi connectivity index (χ1v) is 10.8. The monoisotopic (exact) mass is 481 g/mol. The third kappa shape index (κ3) is 8.02. The summed E-state index contributed by atoms with van der Waals surface area (Å²) in [5.74, 6) is -2.68. The summed E-state index contributed by atoms with van der Waals surface area (Å²) in [7, 11) is 1.06. The highest BCUT2D eigenvalue weighted by molar-refractivity contribution is 5.82. The first-order chi connectivity index (χ1) is 15.4. The van der Waals surface area contributed by atoms with Crippen molar-refractivity contribution in [2.45, 2.75) is 73.6 Å². The number of nitrogens with one attached hydrogen (secondary N) is 1. The Hall–Kier alpha value is -3.14. The summed E-state index contributed by atoms with van der Waals surface area (Å²) in [5, 5.41) is 12.7. The average molecular weight is 482 g/mol. The van der Waals surface area contributed by atoms with E-state index in [1.807, 2.05) is 0 Å². The molecule has 0 saturated heterocycles. The first-order valence-electron chi connectivity index (χ1n) is 10.8.